The van der Waals surface area contributed by atoms with E-state index in [9.17, 15) is 9.90 Å². The number of aromatic nitrogens is 1. The Kier molecular flexibility index (Phi) is 5.17. The Labute approximate surface area is 122 Å². The van der Waals surface area contributed by atoms with Crippen LogP contribution in [-0.4, -0.2) is 51.9 Å². The first-order valence-corrected chi connectivity index (χ1v) is 6.95. The predicted molar refractivity (Wildman–Crippen MR) is 74.9 cm³/mol. The molecule has 7 heteroatoms. The Morgan fingerprint density at radius 2 is 2.35 bits per heavy atom. The molecule has 0 bridgehead atoms. The van der Waals surface area contributed by atoms with Gasteiger partial charge in [0.1, 0.15) is 5.15 Å². The molecule has 0 fully saturated rings. The highest BCUT2D eigenvalue weighted by molar-refractivity contribution is 6.29. The van der Waals surface area contributed by atoms with E-state index >= 15 is 0 Å². The lowest BCUT2D eigenvalue weighted by Crippen LogP contribution is -2.49. The van der Waals surface area contributed by atoms with Crippen molar-refractivity contribution in [2.45, 2.75) is 25.4 Å². The van der Waals surface area contributed by atoms with Gasteiger partial charge in [0.2, 0.25) is 0 Å². The fourth-order valence-corrected chi connectivity index (χ4v) is 2.51. The molecule has 2 rings (SSSR count). The van der Waals surface area contributed by atoms with Gasteiger partial charge in [-0.25, -0.2) is 9.78 Å². The van der Waals surface area contributed by atoms with Gasteiger partial charge >= 0.3 is 6.09 Å². The molecule has 1 unspecified atom stereocenters. The lowest BCUT2D eigenvalue weighted by Gasteiger charge is -2.34. The maximum atomic E-state index is 11.3. The number of carboxylic acid groups (broad SMARTS) is 1. The van der Waals surface area contributed by atoms with Crippen molar-refractivity contribution < 1.29 is 15.0 Å². The SMILES string of the molecule is O=C(O)N1Cc2ccc(Cl)nc2CC1CNCCCO. The van der Waals surface area contributed by atoms with Gasteiger partial charge < -0.3 is 15.5 Å². The maximum absolute atomic E-state index is 11.3. The summed E-state index contributed by atoms with van der Waals surface area (Å²) in [5, 5.41) is 21.6. The zero-order valence-electron chi connectivity index (χ0n) is 11.0. The van der Waals surface area contributed by atoms with Gasteiger partial charge in [0.05, 0.1) is 12.6 Å². The standard InChI is InChI=1S/C13H18ClN3O3/c14-12-3-2-9-8-17(13(19)20)10(6-11(9)16-12)7-15-4-1-5-18/h2-3,10,15,18H,1,4-8H2,(H,19,20). The zero-order chi connectivity index (χ0) is 14.5. The summed E-state index contributed by atoms with van der Waals surface area (Å²) < 4.78 is 0. The number of hydrogen-bond acceptors (Lipinski definition) is 4. The van der Waals surface area contributed by atoms with Crippen molar-refractivity contribution in [1.82, 2.24) is 15.2 Å². The monoisotopic (exact) mass is 299 g/mol. The van der Waals surface area contributed by atoms with Crippen molar-refractivity contribution in [3.8, 4) is 0 Å². The predicted octanol–water partition coefficient (Wildman–Crippen LogP) is 1.11. The molecule has 1 aromatic rings. The molecule has 1 aliphatic heterocycles. The number of halogens is 1. The topological polar surface area (TPSA) is 85.7 Å². The van der Waals surface area contributed by atoms with Gasteiger partial charge in [-0.2, -0.15) is 0 Å². The summed E-state index contributed by atoms with van der Waals surface area (Å²) in [6.45, 7) is 1.66. The molecule has 1 atom stereocenters. The molecule has 0 aromatic carbocycles. The van der Waals surface area contributed by atoms with Crippen molar-refractivity contribution in [1.29, 1.82) is 0 Å². The molecule has 6 nitrogen and oxygen atoms in total. The van der Waals surface area contributed by atoms with Gasteiger partial charge in [-0.05, 0) is 24.6 Å². The number of nitrogens with one attached hydrogen (secondary N) is 1. The van der Waals surface area contributed by atoms with Crippen molar-refractivity contribution in [2.24, 2.45) is 0 Å². The minimum absolute atomic E-state index is 0.125. The molecule has 0 spiro atoms. The number of aliphatic hydroxyl groups excluding tert-OH is 1. The molecule has 0 aliphatic carbocycles. The van der Waals surface area contributed by atoms with Gasteiger partial charge in [-0.3, -0.25) is 4.90 Å². The first-order valence-electron chi connectivity index (χ1n) is 6.57. The normalized spacial score (nSPS) is 17.9. The molecule has 20 heavy (non-hydrogen) atoms. The van der Waals surface area contributed by atoms with Crippen LogP contribution in [-0.2, 0) is 13.0 Å². The average Bonchev–Trinajstić information content (AvgIpc) is 2.42. The highest BCUT2D eigenvalue weighted by Gasteiger charge is 2.30. The van der Waals surface area contributed by atoms with E-state index in [2.05, 4.69) is 10.3 Å². The lowest BCUT2D eigenvalue weighted by atomic mass is 9.99. The van der Waals surface area contributed by atoms with Crippen LogP contribution in [0, 0.1) is 0 Å². The molecule has 0 saturated heterocycles. The molecule has 1 amide bonds. The van der Waals surface area contributed by atoms with Crippen LogP contribution in [0.3, 0.4) is 0 Å². The molecule has 0 saturated carbocycles. The number of fused-ring (bicyclic) bond motifs is 1. The second kappa shape index (κ2) is 6.88. The molecule has 1 aromatic heterocycles. The Morgan fingerprint density at radius 1 is 1.55 bits per heavy atom. The van der Waals surface area contributed by atoms with Crippen LogP contribution >= 0.6 is 11.6 Å². The number of nitrogens with zero attached hydrogens (tertiary/aromatic N) is 2. The third-order valence-corrected chi connectivity index (χ3v) is 3.59. The minimum atomic E-state index is -0.931. The first kappa shape index (κ1) is 15.0. The van der Waals surface area contributed by atoms with Crippen LogP contribution in [0.5, 0.6) is 0 Å². The Morgan fingerprint density at radius 3 is 3.05 bits per heavy atom. The average molecular weight is 300 g/mol. The summed E-state index contributed by atoms with van der Waals surface area (Å²) in [5.74, 6) is 0. The lowest BCUT2D eigenvalue weighted by molar-refractivity contribution is 0.113. The van der Waals surface area contributed by atoms with Crippen molar-refractivity contribution in [2.75, 3.05) is 19.7 Å². The van der Waals surface area contributed by atoms with Crippen LogP contribution < -0.4 is 5.32 Å². The number of amides is 1. The van der Waals surface area contributed by atoms with Gasteiger partial charge in [0.15, 0.2) is 0 Å². The third-order valence-electron chi connectivity index (χ3n) is 3.38. The highest BCUT2D eigenvalue weighted by atomic mass is 35.5. The Hall–Kier alpha value is -1.37. The fraction of sp³-hybridized carbons (Fsp3) is 0.538. The van der Waals surface area contributed by atoms with E-state index < -0.39 is 6.09 Å². The summed E-state index contributed by atoms with van der Waals surface area (Å²) in [6, 6.07) is 3.35. The van der Waals surface area contributed by atoms with E-state index in [1.54, 1.807) is 6.07 Å². The van der Waals surface area contributed by atoms with E-state index in [1.165, 1.54) is 4.90 Å². The first-order chi connectivity index (χ1) is 9.61. The van der Waals surface area contributed by atoms with E-state index in [0.29, 0.717) is 37.6 Å². The fourth-order valence-electron chi connectivity index (χ4n) is 2.35. The van der Waals surface area contributed by atoms with E-state index in [0.717, 1.165) is 11.3 Å². The summed E-state index contributed by atoms with van der Waals surface area (Å²) >= 11 is 5.88. The summed E-state index contributed by atoms with van der Waals surface area (Å²) in [4.78, 5) is 17.0. The van der Waals surface area contributed by atoms with Gasteiger partial charge in [0, 0.05) is 25.3 Å². The largest absolute Gasteiger partial charge is 0.465 e. The number of rotatable bonds is 5. The number of pyridine rings is 1. The minimum Gasteiger partial charge on any atom is -0.465 e. The molecular formula is C13H18ClN3O3. The molecule has 1 aliphatic rings. The molecular weight excluding hydrogens is 282 g/mol. The van der Waals surface area contributed by atoms with E-state index in [4.69, 9.17) is 16.7 Å². The molecule has 3 N–H and O–H groups in total. The Balaban J connectivity index is 2.07. The van der Waals surface area contributed by atoms with Crippen molar-refractivity contribution in [3.05, 3.63) is 28.5 Å². The van der Waals surface area contributed by atoms with Crippen LogP contribution in [0.1, 0.15) is 17.7 Å². The van der Waals surface area contributed by atoms with Gasteiger partial charge in [-0.1, -0.05) is 17.7 Å². The van der Waals surface area contributed by atoms with E-state index in [1.807, 2.05) is 6.07 Å². The summed E-state index contributed by atoms with van der Waals surface area (Å²) in [5.41, 5.74) is 1.77. The maximum Gasteiger partial charge on any atom is 0.407 e. The van der Waals surface area contributed by atoms with Crippen LogP contribution in [0.2, 0.25) is 5.15 Å². The number of carbonyl (C=O) groups is 1. The molecule has 0 radical (unpaired) electrons. The van der Waals surface area contributed by atoms with Crippen LogP contribution in [0.15, 0.2) is 12.1 Å². The zero-order valence-corrected chi connectivity index (χ0v) is 11.8. The molecule has 110 valence electrons. The second-order valence-corrected chi connectivity index (χ2v) is 5.18. The second-order valence-electron chi connectivity index (χ2n) is 4.79. The van der Waals surface area contributed by atoms with E-state index in [-0.39, 0.29) is 12.6 Å². The number of hydrogen-bond donors (Lipinski definition) is 3. The van der Waals surface area contributed by atoms with Crippen LogP contribution in [0.4, 0.5) is 4.79 Å². The Bertz CT molecular complexity index is 484. The van der Waals surface area contributed by atoms with Gasteiger partial charge in [0.25, 0.3) is 0 Å². The van der Waals surface area contributed by atoms with Crippen molar-refractivity contribution in [3.63, 3.8) is 0 Å². The summed E-state index contributed by atoms with van der Waals surface area (Å²) in [6.07, 6.45) is 0.272. The number of aliphatic hydroxyl groups is 1. The smallest absolute Gasteiger partial charge is 0.407 e. The highest BCUT2D eigenvalue weighted by Crippen LogP contribution is 2.23. The molecule has 2 heterocycles. The van der Waals surface area contributed by atoms with Crippen molar-refractivity contribution >= 4 is 17.7 Å². The quantitative estimate of drug-likeness (QED) is 0.560. The van der Waals surface area contributed by atoms with Crippen LogP contribution in [0.25, 0.3) is 0 Å². The van der Waals surface area contributed by atoms with Gasteiger partial charge in [-0.15, -0.1) is 0 Å². The third kappa shape index (κ3) is 3.59. The summed E-state index contributed by atoms with van der Waals surface area (Å²) in [7, 11) is 0.